The van der Waals surface area contributed by atoms with E-state index in [0.29, 0.717) is 6.54 Å². The van der Waals surface area contributed by atoms with E-state index in [1.54, 1.807) is 17.8 Å². The highest BCUT2D eigenvalue weighted by Crippen LogP contribution is 2.15. The summed E-state index contributed by atoms with van der Waals surface area (Å²) in [6.45, 7) is 0.938. The monoisotopic (exact) mass is 335 g/mol. The van der Waals surface area contributed by atoms with Gasteiger partial charge in [0.15, 0.2) is 6.61 Å². The summed E-state index contributed by atoms with van der Waals surface area (Å²) in [4.78, 5) is 24.3. The summed E-state index contributed by atoms with van der Waals surface area (Å²) in [6, 6.07) is 7.80. The molecule has 1 saturated heterocycles. The molecule has 0 unspecified atom stereocenters. The van der Waals surface area contributed by atoms with Crippen LogP contribution in [0.4, 0.5) is 0 Å². The molecule has 1 aliphatic heterocycles. The van der Waals surface area contributed by atoms with Crippen molar-refractivity contribution in [1.29, 1.82) is 0 Å². The molecule has 0 spiro atoms. The van der Waals surface area contributed by atoms with Crippen molar-refractivity contribution in [3.05, 3.63) is 35.9 Å². The van der Waals surface area contributed by atoms with Crippen molar-refractivity contribution < 1.29 is 19.1 Å². The Balaban J connectivity index is 1.66. The molecule has 124 valence electrons. The largest absolute Gasteiger partial charge is 0.452 e. The minimum atomic E-state index is -0.536. The number of nitrogens with one attached hydrogen (secondary N) is 1. The fourth-order valence-electron chi connectivity index (χ4n) is 2.15. The molecular formula is C17H21NO4S. The van der Waals surface area contributed by atoms with Crippen LogP contribution in [-0.4, -0.2) is 44.0 Å². The lowest BCUT2D eigenvalue weighted by molar-refractivity contribution is -0.143. The number of carbonyl (C=O) groups excluding carboxylic acids is 2. The number of ether oxygens (including phenoxy) is 2. The first-order chi connectivity index (χ1) is 11.2. The third-order valence-corrected chi connectivity index (χ3v) is 4.17. The van der Waals surface area contributed by atoms with Crippen molar-refractivity contribution in [2.24, 2.45) is 0 Å². The van der Waals surface area contributed by atoms with Crippen molar-refractivity contribution in [1.82, 2.24) is 5.32 Å². The van der Waals surface area contributed by atoms with Crippen LogP contribution in [-0.2, 0) is 19.1 Å². The van der Waals surface area contributed by atoms with Gasteiger partial charge in [-0.25, -0.2) is 4.79 Å². The van der Waals surface area contributed by atoms with E-state index in [1.165, 1.54) is 6.08 Å². The van der Waals surface area contributed by atoms with Crippen LogP contribution in [0.1, 0.15) is 18.4 Å². The van der Waals surface area contributed by atoms with Crippen molar-refractivity contribution >= 4 is 29.7 Å². The summed E-state index contributed by atoms with van der Waals surface area (Å²) >= 11 is 1.66. The molecule has 5 nitrogen and oxygen atoms in total. The zero-order valence-electron chi connectivity index (χ0n) is 13.1. The zero-order chi connectivity index (χ0) is 16.5. The normalized spacial score (nSPS) is 17.3. The molecular weight excluding hydrogens is 314 g/mol. The minimum absolute atomic E-state index is 0.0822. The number of hydrogen-bond acceptors (Lipinski definition) is 5. The van der Waals surface area contributed by atoms with Crippen LogP contribution in [0.15, 0.2) is 35.2 Å². The summed E-state index contributed by atoms with van der Waals surface area (Å²) in [5.74, 6) is -0.849. The molecule has 0 aliphatic carbocycles. The second-order valence-electron chi connectivity index (χ2n) is 5.15. The summed E-state index contributed by atoms with van der Waals surface area (Å²) < 4.78 is 10.3. The summed E-state index contributed by atoms with van der Waals surface area (Å²) in [7, 11) is 0. The molecule has 0 bridgehead atoms. The first-order valence-corrected chi connectivity index (χ1v) is 8.77. The molecule has 1 aromatic rings. The summed E-state index contributed by atoms with van der Waals surface area (Å²) in [6.07, 6.45) is 7.06. The van der Waals surface area contributed by atoms with Crippen molar-refractivity contribution in [2.45, 2.75) is 23.8 Å². The van der Waals surface area contributed by atoms with E-state index >= 15 is 0 Å². The van der Waals surface area contributed by atoms with Crippen LogP contribution >= 0.6 is 11.8 Å². The van der Waals surface area contributed by atoms with Crippen LogP contribution in [0.5, 0.6) is 0 Å². The number of esters is 1. The van der Waals surface area contributed by atoms with Crippen LogP contribution < -0.4 is 5.32 Å². The average molecular weight is 335 g/mol. The molecule has 1 aliphatic rings. The Hall–Kier alpha value is -1.79. The molecule has 6 heteroatoms. The fourth-order valence-corrected chi connectivity index (χ4v) is 2.56. The Labute approximate surface area is 140 Å². The van der Waals surface area contributed by atoms with Gasteiger partial charge in [0.2, 0.25) is 0 Å². The highest BCUT2D eigenvalue weighted by atomic mass is 32.2. The SMILES string of the molecule is CSc1ccc(/C=C/C(=O)OCC(=O)NC[C@@H]2CCCO2)cc1. The van der Waals surface area contributed by atoms with E-state index in [4.69, 9.17) is 9.47 Å². The van der Waals surface area contributed by atoms with E-state index in [2.05, 4.69) is 5.32 Å². The third kappa shape index (κ3) is 6.46. The van der Waals surface area contributed by atoms with Gasteiger partial charge in [-0.1, -0.05) is 12.1 Å². The minimum Gasteiger partial charge on any atom is -0.452 e. The van der Waals surface area contributed by atoms with Crippen LogP contribution in [0.2, 0.25) is 0 Å². The lowest BCUT2D eigenvalue weighted by Crippen LogP contribution is -2.34. The quantitative estimate of drug-likeness (QED) is 0.470. The molecule has 0 aromatic heterocycles. The van der Waals surface area contributed by atoms with Crippen LogP contribution in [0, 0.1) is 0 Å². The lowest BCUT2D eigenvalue weighted by atomic mass is 10.2. The molecule has 0 radical (unpaired) electrons. The van der Waals surface area contributed by atoms with Gasteiger partial charge >= 0.3 is 5.97 Å². The number of hydrogen-bond donors (Lipinski definition) is 1. The predicted molar refractivity (Wildman–Crippen MR) is 90.2 cm³/mol. The van der Waals surface area contributed by atoms with Gasteiger partial charge in [-0.05, 0) is 42.9 Å². The van der Waals surface area contributed by atoms with E-state index in [1.807, 2.05) is 30.5 Å². The number of carbonyl (C=O) groups is 2. The number of benzene rings is 1. The Morgan fingerprint density at radius 2 is 2.17 bits per heavy atom. The van der Waals surface area contributed by atoms with Crippen molar-refractivity contribution in [2.75, 3.05) is 26.0 Å². The van der Waals surface area contributed by atoms with Crippen LogP contribution in [0.25, 0.3) is 6.08 Å². The Morgan fingerprint density at radius 1 is 1.39 bits per heavy atom. The van der Waals surface area contributed by atoms with Gasteiger partial charge in [0.1, 0.15) is 0 Å². The van der Waals surface area contributed by atoms with E-state index < -0.39 is 5.97 Å². The lowest BCUT2D eigenvalue weighted by Gasteiger charge is -2.10. The molecule has 23 heavy (non-hydrogen) atoms. The maximum Gasteiger partial charge on any atom is 0.331 e. The molecule has 1 heterocycles. The Kier molecular flexibility index (Phi) is 7.16. The molecule has 1 amide bonds. The van der Waals surface area contributed by atoms with Gasteiger partial charge in [-0.3, -0.25) is 4.79 Å². The first-order valence-electron chi connectivity index (χ1n) is 7.54. The molecule has 2 rings (SSSR count). The van der Waals surface area contributed by atoms with Gasteiger partial charge < -0.3 is 14.8 Å². The summed E-state index contributed by atoms with van der Waals surface area (Å²) in [5.41, 5.74) is 0.905. The smallest absolute Gasteiger partial charge is 0.331 e. The highest BCUT2D eigenvalue weighted by molar-refractivity contribution is 7.98. The second kappa shape index (κ2) is 9.37. The molecule has 1 fully saturated rings. The number of amides is 1. The molecule has 1 aromatic carbocycles. The topological polar surface area (TPSA) is 64.6 Å². The van der Waals surface area contributed by atoms with Gasteiger partial charge in [0, 0.05) is 24.1 Å². The predicted octanol–water partition coefficient (Wildman–Crippen LogP) is 2.26. The van der Waals surface area contributed by atoms with E-state index in [9.17, 15) is 9.59 Å². The van der Waals surface area contributed by atoms with Gasteiger partial charge in [-0.15, -0.1) is 11.8 Å². The van der Waals surface area contributed by atoms with E-state index in [0.717, 1.165) is 29.9 Å². The van der Waals surface area contributed by atoms with Gasteiger partial charge in [-0.2, -0.15) is 0 Å². The second-order valence-corrected chi connectivity index (χ2v) is 6.03. The zero-order valence-corrected chi connectivity index (χ0v) is 13.9. The first kappa shape index (κ1) is 17.6. The van der Waals surface area contributed by atoms with Crippen LogP contribution in [0.3, 0.4) is 0 Å². The average Bonchev–Trinajstić information content (AvgIpc) is 3.10. The van der Waals surface area contributed by atoms with Crippen molar-refractivity contribution in [3.8, 4) is 0 Å². The third-order valence-electron chi connectivity index (χ3n) is 3.42. The number of rotatable bonds is 7. The molecule has 1 atom stereocenters. The Morgan fingerprint density at radius 3 is 2.83 bits per heavy atom. The van der Waals surface area contributed by atoms with Gasteiger partial charge in [0.25, 0.3) is 5.91 Å². The number of thioether (sulfide) groups is 1. The highest BCUT2D eigenvalue weighted by Gasteiger charge is 2.16. The maximum absolute atomic E-state index is 11.6. The standard InChI is InChI=1S/C17H21NO4S/c1-23-15-7-4-13(5-8-15)6-9-17(20)22-12-16(19)18-11-14-3-2-10-21-14/h4-9,14H,2-3,10-12H2,1H3,(H,18,19)/b9-6+/t14-/m0/s1. The molecule has 1 N–H and O–H groups in total. The van der Waals surface area contributed by atoms with Crippen molar-refractivity contribution in [3.63, 3.8) is 0 Å². The fraction of sp³-hybridized carbons (Fsp3) is 0.412. The van der Waals surface area contributed by atoms with Gasteiger partial charge in [0.05, 0.1) is 6.10 Å². The summed E-state index contributed by atoms with van der Waals surface area (Å²) in [5, 5.41) is 2.70. The van der Waals surface area contributed by atoms with E-state index in [-0.39, 0.29) is 18.6 Å². The molecule has 0 saturated carbocycles. The Bertz CT molecular complexity index is 550. The maximum atomic E-state index is 11.6.